The molecular weight excluding hydrogens is 583 g/mol. The highest BCUT2D eigenvalue weighted by molar-refractivity contribution is 5.89. The van der Waals surface area contributed by atoms with Crippen LogP contribution >= 0.6 is 0 Å². The third-order valence-electron chi connectivity index (χ3n) is 10.2. The first-order valence-electron chi connectivity index (χ1n) is 16.8. The van der Waals surface area contributed by atoms with Gasteiger partial charge in [-0.2, -0.15) is 0 Å². The quantitative estimate of drug-likeness (QED) is 0.168. The third kappa shape index (κ3) is 4.88. The van der Waals surface area contributed by atoms with Crippen LogP contribution in [0.2, 0.25) is 0 Å². The van der Waals surface area contributed by atoms with Crippen molar-refractivity contribution in [3.8, 4) is 16.9 Å². The average molecular weight is 622 g/mol. The molecule has 2 atom stereocenters. The molecule has 8 rings (SSSR count). The maximum atomic E-state index is 7.01. The Bertz CT molecular complexity index is 2160. The van der Waals surface area contributed by atoms with Crippen LogP contribution in [0.25, 0.3) is 22.3 Å². The van der Waals surface area contributed by atoms with Crippen LogP contribution in [0.3, 0.4) is 0 Å². The first-order chi connectivity index (χ1) is 23.5. The molecule has 1 heterocycles. The van der Waals surface area contributed by atoms with Crippen molar-refractivity contribution in [2.45, 2.75) is 38.2 Å². The predicted octanol–water partition coefficient (Wildman–Crippen LogP) is 11.8. The number of ether oxygens (including phenoxy) is 1. The lowest BCUT2D eigenvalue weighted by Gasteiger charge is -2.27. The van der Waals surface area contributed by atoms with Gasteiger partial charge in [0.15, 0.2) is 0 Å². The molecule has 0 fully saturated rings. The van der Waals surface area contributed by atoms with Gasteiger partial charge in [-0.1, -0.05) is 148 Å². The first kappa shape index (κ1) is 29.8. The molecule has 3 aliphatic rings. The molecule has 0 amide bonds. The van der Waals surface area contributed by atoms with Crippen molar-refractivity contribution in [1.82, 2.24) is 0 Å². The summed E-state index contributed by atoms with van der Waals surface area (Å²) in [5.74, 6) is 1.13. The van der Waals surface area contributed by atoms with Gasteiger partial charge in [-0.3, -0.25) is 0 Å². The fourth-order valence-corrected chi connectivity index (χ4v) is 7.82. The summed E-state index contributed by atoms with van der Waals surface area (Å²) in [5.41, 5.74) is 14.4. The Balaban J connectivity index is 1.16. The van der Waals surface area contributed by atoms with E-state index in [1.165, 1.54) is 39.0 Å². The number of rotatable bonds is 7. The Labute approximate surface area is 284 Å². The fourth-order valence-electron chi connectivity index (χ4n) is 7.82. The van der Waals surface area contributed by atoms with E-state index >= 15 is 0 Å². The lowest BCUT2D eigenvalue weighted by Crippen LogP contribution is -2.24. The zero-order chi connectivity index (χ0) is 32.8. The molecule has 0 saturated carbocycles. The minimum absolute atomic E-state index is 0.0436. The van der Waals surface area contributed by atoms with E-state index in [2.05, 4.69) is 184 Å². The van der Waals surface area contributed by atoms with E-state index in [1.54, 1.807) is 0 Å². The minimum Gasteiger partial charge on any atom is -0.484 e. The number of hydrogen-bond acceptors (Lipinski definition) is 2. The molecule has 5 aromatic carbocycles. The van der Waals surface area contributed by atoms with Crippen LogP contribution in [0.5, 0.6) is 5.75 Å². The highest BCUT2D eigenvalue weighted by Crippen LogP contribution is 2.56. The van der Waals surface area contributed by atoms with Crippen molar-refractivity contribution in [1.29, 1.82) is 0 Å². The van der Waals surface area contributed by atoms with Crippen LogP contribution in [-0.4, -0.2) is 6.10 Å². The Morgan fingerprint density at radius 2 is 1.44 bits per heavy atom. The van der Waals surface area contributed by atoms with Gasteiger partial charge in [-0.05, 0) is 70.7 Å². The normalized spacial score (nSPS) is 18.8. The van der Waals surface area contributed by atoms with Gasteiger partial charge >= 0.3 is 0 Å². The summed E-state index contributed by atoms with van der Waals surface area (Å²) < 4.78 is 7.01. The van der Waals surface area contributed by atoms with E-state index in [0.29, 0.717) is 0 Å². The van der Waals surface area contributed by atoms with Crippen LogP contribution < -0.4 is 9.64 Å². The van der Waals surface area contributed by atoms with E-state index in [9.17, 15) is 0 Å². The molecule has 2 aliphatic carbocycles. The molecule has 0 spiro atoms. The summed E-state index contributed by atoms with van der Waals surface area (Å²) in [6.07, 6.45) is 11.0. The van der Waals surface area contributed by atoms with Gasteiger partial charge < -0.3 is 9.64 Å². The predicted molar refractivity (Wildman–Crippen MR) is 202 cm³/mol. The Hall–Kier alpha value is -5.60. The van der Waals surface area contributed by atoms with E-state index in [4.69, 9.17) is 4.74 Å². The molecular formula is C46H39NO. The summed E-state index contributed by atoms with van der Waals surface area (Å²) in [6, 6.07) is 45.2. The highest BCUT2D eigenvalue weighted by Gasteiger charge is 2.47. The second-order valence-corrected chi connectivity index (χ2v) is 13.4. The number of hydrogen-bond donors (Lipinski definition) is 0. The summed E-state index contributed by atoms with van der Waals surface area (Å²) in [5, 5.41) is 0. The third-order valence-corrected chi connectivity index (χ3v) is 10.2. The molecule has 5 aromatic rings. The Kier molecular flexibility index (Phi) is 7.37. The minimum atomic E-state index is -0.0475. The number of para-hydroxylation sites is 2. The molecule has 48 heavy (non-hydrogen) atoms. The summed E-state index contributed by atoms with van der Waals surface area (Å²) in [7, 11) is 0. The smallest absolute Gasteiger partial charge is 0.135 e. The fraction of sp³-hybridized carbons (Fsp3) is 0.130. The van der Waals surface area contributed by atoms with Gasteiger partial charge in [0.1, 0.15) is 11.9 Å². The van der Waals surface area contributed by atoms with Gasteiger partial charge in [0.05, 0.1) is 0 Å². The van der Waals surface area contributed by atoms with E-state index in [0.717, 1.165) is 34.0 Å². The zero-order valence-electron chi connectivity index (χ0n) is 27.7. The van der Waals surface area contributed by atoms with Crippen LogP contribution in [0.15, 0.2) is 176 Å². The summed E-state index contributed by atoms with van der Waals surface area (Å²) in [4.78, 5) is 2.31. The van der Waals surface area contributed by atoms with Crippen molar-refractivity contribution in [2.24, 2.45) is 0 Å². The molecule has 0 aromatic heterocycles. The van der Waals surface area contributed by atoms with Crippen LogP contribution in [-0.2, 0) is 5.41 Å². The molecule has 0 saturated heterocycles. The molecule has 2 nitrogen and oxygen atoms in total. The second kappa shape index (κ2) is 11.9. The summed E-state index contributed by atoms with van der Waals surface area (Å²) in [6.45, 7) is 11.1. The van der Waals surface area contributed by atoms with Crippen molar-refractivity contribution < 1.29 is 4.74 Å². The second-order valence-electron chi connectivity index (χ2n) is 13.4. The number of fused-ring (bicyclic) bond motifs is 6. The number of nitrogens with zero attached hydrogens (tertiary/aromatic N) is 1. The summed E-state index contributed by atoms with van der Waals surface area (Å²) >= 11 is 0. The largest absolute Gasteiger partial charge is 0.484 e. The van der Waals surface area contributed by atoms with E-state index in [-0.39, 0.29) is 17.4 Å². The average Bonchev–Trinajstić information content (AvgIpc) is 3.62. The molecule has 0 bridgehead atoms. The van der Waals surface area contributed by atoms with E-state index in [1.807, 2.05) is 6.08 Å². The topological polar surface area (TPSA) is 12.5 Å². The van der Waals surface area contributed by atoms with Crippen LogP contribution in [0.4, 0.5) is 11.4 Å². The number of allylic oxidation sites excluding steroid dienone is 7. The SMILES string of the molecule is C=C/C(=C\C=C(/C)N(c1ccccc1)c1cccc(-c2ccccc2)c1)c1cccc2c1O[C@H]1C3=C(C=CC21)C(C)(C)c1ccccc13. The van der Waals surface area contributed by atoms with Crippen LogP contribution in [0, 0.1) is 0 Å². The number of anilines is 2. The lowest BCUT2D eigenvalue weighted by atomic mass is 9.77. The molecule has 1 aliphatic heterocycles. The standard InChI is InChI=1S/C46H39NO/c1-5-32(27-26-31(2)47(35-19-10-7-11-20-35)36-21-14-18-34(30-36)33-16-8-6-9-17-33)37-23-15-24-38-39-28-29-42-43(45(39)48-44(37)38)40-22-12-13-25-41(40)46(42,3)4/h5-30,39,45H,1H2,2-4H3/b31-26+,32-27+/t39?,45-/m1/s1. The maximum absolute atomic E-state index is 7.01. The number of benzene rings is 5. The van der Waals surface area contributed by atoms with Gasteiger partial charge in [0, 0.05) is 45.1 Å². The zero-order valence-corrected chi connectivity index (χ0v) is 27.7. The molecule has 2 heteroatoms. The van der Waals surface area contributed by atoms with Crippen LogP contribution in [0.1, 0.15) is 48.9 Å². The molecule has 234 valence electrons. The van der Waals surface area contributed by atoms with Crippen molar-refractivity contribution in [3.63, 3.8) is 0 Å². The molecule has 1 unspecified atom stereocenters. The van der Waals surface area contributed by atoms with Gasteiger partial charge in [0.25, 0.3) is 0 Å². The maximum Gasteiger partial charge on any atom is 0.135 e. The van der Waals surface area contributed by atoms with Gasteiger partial charge in [-0.25, -0.2) is 0 Å². The monoisotopic (exact) mass is 621 g/mol. The Morgan fingerprint density at radius 1 is 0.750 bits per heavy atom. The lowest BCUT2D eigenvalue weighted by molar-refractivity contribution is 0.277. The van der Waals surface area contributed by atoms with E-state index < -0.39 is 0 Å². The first-order valence-corrected chi connectivity index (χ1v) is 16.8. The van der Waals surface area contributed by atoms with Gasteiger partial charge in [-0.15, -0.1) is 0 Å². The van der Waals surface area contributed by atoms with Crippen molar-refractivity contribution in [3.05, 3.63) is 198 Å². The van der Waals surface area contributed by atoms with Crippen molar-refractivity contribution >= 4 is 22.5 Å². The molecule has 0 N–H and O–H groups in total. The highest BCUT2D eigenvalue weighted by atomic mass is 16.5. The Morgan fingerprint density at radius 3 is 2.23 bits per heavy atom. The molecule has 0 radical (unpaired) electrons. The van der Waals surface area contributed by atoms with Gasteiger partial charge in [0.2, 0.25) is 0 Å². The van der Waals surface area contributed by atoms with Crippen molar-refractivity contribution in [2.75, 3.05) is 4.90 Å².